The number of aromatic amines is 2. The number of aryl methyl sites for hydroxylation is 1. The number of aromatic nitrogens is 6. The predicted molar refractivity (Wildman–Crippen MR) is 248 cm³/mol. The number of benzene rings is 2. The number of H-pyrrole nitrogens is 2. The van der Waals surface area contributed by atoms with E-state index in [1.54, 1.807) is 18.2 Å². The molecular formula is C49H60N10O6. The normalized spacial score (nSPS) is 21.6. The second kappa shape index (κ2) is 17.9. The van der Waals surface area contributed by atoms with Crippen molar-refractivity contribution in [2.45, 2.75) is 104 Å². The summed E-state index contributed by atoms with van der Waals surface area (Å²) in [4.78, 5) is 65.5. The van der Waals surface area contributed by atoms with E-state index in [0.717, 1.165) is 62.1 Å². The average molecular weight is 885 g/mol. The Morgan fingerprint density at radius 2 is 1.57 bits per heavy atom. The van der Waals surface area contributed by atoms with Crippen molar-refractivity contribution in [1.29, 1.82) is 0 Å². The van der Waals surface area contributed by atoms with E-state index in [4.69, 9.17) is 35.6 Å². The molecule has 2 aromatic carbocycles. The zero-order chi connectivity index (χ0) is 46.5. The van der Waals surface area contributed by atoms with Gasteiger partial charge in [-0.05, 0) is 69.2 Å². The topological polar surface area (TPSA) is 187 Å². The molecule has 65 heavy (non-hydrogen) atoms. The monoisotopic (exact) mass is 884 g/mol. The summed E-state index contributed by atoms with van der Waals surface area (Å²) in [5.41, 5.74) is 5.62. The molecule has 8 rings (SSSR count). The van der Waals surface area contributed by atoms with Crippen LogP contribution in [-0.4, -0.2) is 108 Å². The molecule has 4 N–H and O–H groups in total. The van der Waals surface area contributed by atoms with Crippen LogP contribution in [0.5, 0.6) is 0 Å². The van der Waals surface area contributed by atoms with Crippen molar-refractivity contribution >= 4 is 45.2 Å². The molecule has 0 radical (unpaired) electrons. The highest BCUT2D eigenvalue weighted by Gasteiger charge is 2.68. The molecule has 6 aromatic rings. The number of hydrogen-bond donors (Lipinski definition) is 4. The average Bonchev–Trinajstić information content (AvgIpc) is 3.76. The fourth-order valence-corrected chi connectivity index (χ4v) is 9.46. The fraction of sp³-hybridized carbons (Fsp3) is 0.469. The van der Waals surface area contributed by atoms with Crippen LogP contribution < -0.4 is 10.6 Å². The van der Waals surface area contributed by atoms with Crippen molar-refractivity contribution in [3.63, 3.8) is 0 Å². The van der Waals surface area contributed by atoms with E-state index < -0.39 is 17.7 Å². The SMILES string of the molecule is C#CCCN(C(=O)C1(NC2OC2OC)C(C)C1C)[C@@H](C)c1ncc(-c2ccc3c(c2)cc2c4ccc(-c5cnc([C@H](C)N(CCC)C(=O)[C@@H](NC(=O)OC)C(C)C)[nH]5)cc4nc(C)n32)[nH]1. The Morgan fingerprint density at radius 3 is 2.15 bits per heavy atom. The van der Waals surface area contributed by atoms with Gasteiger partial charge in [0.15, 0.2) is 12.5 Å². The largest absolute Gasteiger partial charge is 0.453 e. The number of nitrogens with zero attached hydrogens (tertiary/aromatic N) is 6. The first kappa shape index (κ1) is 45.3. The first-order valence-electron chi connectivity index (χ1n) is 22.5. The van der Waals surface area contributed by atoms with Crippen LogP contribution in [0.4, 0.5) is 4.79 Å². The third-order valence-electron chi connectivity index (χ3n) is 13.6. The third kappa shape index (κ3) is 8.21. The number of methoxy groups -OCH3 is 2. The van der Waals surface area contributed by atoms with Crippen molar-refractivity contribution in [2.75, 3.05) is 27.3 Å². The number of hydrogen-bond acceptors (Lipinski definition) is 10. The van der Waals surface area contributed by atoms with Crippen LogP contribution in [0.25, 0.3) is 49.8 Å². The molecule has 0 spiro atoms. The van der Waals surface area contributed by atoms with Gasteiger partial charge in [0.05, 0.1) is 59.5 Å². The van der Waals surface area contributed by atoms with Gasteiger partial charge in [0.2, 0.25) is 11.8 Å². The fourth-order valence-electron chi connectivity index (χ4n) is 9.46. The molecule has 1 saturated heterocycles. The van der Waals surface area contributed by atoms with Gasteiger partial charge in [0.25, 0.3) is 0 Å². The minimum absolute atomic E-state index is 0.0209. The highest BCUT2D eigenvalue weighted by Crippen LogP contribution is 2.53. The van der Waals surface area contributed by atoms with Gasteiger partial charge in [-0.1, -0.05) is 52.8 Å². The number of imidazole rings is 2. The van der Waals surface area contributed by atoms with Crippen LogP contribution in [0.1, 0.15) is 90.9 Å². The number of carbonyl (C=O) groups is 3. The predicted octanol–water partition coefficient (Wildman–Crippen LogP) is 7.27. The summed E-state index contributed by atoms with van der Waals surface area (Å²) in [6, 6.07) is 13.2. The molecule has 5 heterocycles. The number of terminal acetylenes is 1. The summed E-state index contributed by atoms with van der Waals surface area (Å²) in [5, 5.41) is 8.20. The Bertz CT molecular complexity index is 2790. The number of carbonyl (C=O) groups excluding carboxylic acids is 3. The van der Waals surface area contributed by atoms with Crippen LogP contribution in [0.15, 0.2) is 54.9 Å². The summed E-state index contributed by atoms with van der Waals surface area (Å²) in [6.07, 6.45) is 9.12. The molecule has 3 amide bonds. The Morgan fingerprint density at radius 1 is 0.923 bits per heavy atom. The van der Waals surface area contributed by atoms with Gasteiger partial charge in [-0.25, -0.2) is 19.7 Å². The molecule has 7 atom stereocenters. The standard InChI is InChI=1S/C49H60N10O6/c1-12-14-20-58(47(61)49(27(5)28(49)6)56-44-46(63-10)65-44)30(8)43-51-24-37(53-43)32-16-18-39-34(21-32)23-40-35-17-15-33(22-36(35)52-31(9)59(39)40)38-25-50-42(54-38)29(7)57(19-13-2)45(60)41(26(3)4)55-48(62)64-11/h1,15-18,21-30,41,44,46,56H,13-14,19-20H2,2-11H3,(H,50,54)(H,51,53)(H,55,62)/t27?,28?,29-,30-,41-,44?,46?,49?/m0/s1. The lowest BCUT2D eigenvalue weighted by Gasteiger charge is -2.33. The Kier molecular flexibility index (Phi) is 12.5. The first-order chi connectivity index (χ1) is 31.2. The number of nitrogens with one attached hydrogen (secondary N) is 4. The van der Waals surface area contributed by atoms with Gasteiger partial charge in [-0.15, -0.1) is 12.3 Å². The van der Waals surface area contributed by atoms with E-state index in [9.17, 15) is 14.4 Å². The molecule has 2 aliphatic rings. The maximum Gasteiger partial charge on any atom is 0.407 e. The lowest BCUT2D eigenvalue weighted by molar-refractivity contribution is -0.138. The number of epoxide rings is 1. The minimum Gasteiger partial charge on any atom is -0.453 e. The van der Waals surface area contributed by atoms with Crippen molar-refractivity contribution in [2.24, 2.45) is 17.8 Å². The van der Waals surface area contributed by atoms with Gasteiger partial charge in [0.1, 0.15) is 29.1 Å². The van der Waals surface area contributed by atoms with Gasteiger partial charge < -0.3 is 39.3 Å². The maximum absolute atomic E-state index is 14.4. The third-order valence-corrected chi connectivity index (χ3v) is 13.6. The molecule has 342 valence electrons. The minimum atomic E-state index is -0.775. The van der Waals surface area contributed by atoms with Gasteiger partial charge in [-0.3, -0.25) is 19.3 Å². The van der Waals surface area contributed by atoms with E-state index in [0.29, 0.717) is 31.2 Å². The van der Waals surface area contributed by atoms with Gasteiger partial charge in [0, 0.05) is 48.5 Å². The Balaban J connectivity index is 1.04. The second-order valence-corrected chi connectivity index (χ2v) is 17.8. The number of fused-ring (bicyclic) bond motifs is 5. The van der Waals surface area contributed by atoms with Crippen LogP contribution in [0.3, 0.4) is 0 Å². The Labute approximate surface area is 379 Å². The van der Waals surface area contributed by atoms with E-state index >= 15 is 0 Å². The number of amides is 3. The number of ether oxygens (including phenoxy) is 3. The molecule has 16 heteroatoms. The highest BCUT2D eigenvalue weighted by molar-refractivity contribution is 6.03. The van der Waals surface area contributed by atoms with Crippen LogP contribution in [-0.2, 0) is 23.8 Å². The van der Waals surface area contributed by atoms with Gasteiger partial charge >= 0.3 is 6.09 Å². The summed E-state index contributed by atoms with van der Waals surface area (Å²) in [5.74, 6) is 4.71. The summed E-state index contributed by atoms with van der Waals surface area (Å²) in [7, 11) is 2.88. The molecule has 2 fully saturated rings. The molecular weight excluding hydrogens is 825 g/mol. The quantitative estimate of drug-likeness (QED) is 0.0536. The van der Waals surface area contributed by atoms with Crippen molar-refractivity contribution in [3.8, 4) is 34.9 Å². The molecule has 4 aromatic heterocycles. The molecule has 0 bridgehead atoms. The zero-order valence-corrected chi connectivity index (χ0v) is 38.9. The lowest BCUT2D eigenvalue weighted by Crippen LogP contribution is -2.53. The van der Waals surface area contributed by atoms with Crippen LogP contribution >= 0.6 is 0 Å². The van der Waals surface area contributed by atoms with Crippen molar-refractivity contribution in [3.05, 3.63) is 72.3 Å². The van der Waals surface area contributed by atoms with Crippen LogP contribution in [0, 0.1) is 37.0 Å². The lowest BCUT2D eigenvalue weighted by atomic mass is 10.0. The second-order valence-electron chi connectivity index (χ2n) is 17.8. The highest BCUT2D eigenvalue weighted by atomic mass is 16.8. The zero-order valence-electron chi connectivity index (χ0n) is 38.9. The number of rotatable bonds is 17. The van der Waals surface area contributed by atoms with E-state index in [1.807, 2.05) is 52.6 Å². The molecule has 1 aliphatic heterocycles. The van der Waals surface area contributed by atoms with E-state index in [2.05, 4.69) is 87.2 Å². The summed E-state index contributed by atoms with van der Waals surface area (Å²) in [6.45, 7) is 16.8. The molecule has 4 unspecified atom stereocenters. The molecule has 1 aliphatic carbocycles. The number of alkyl carbamates (subject to hydrolysis) is 1. The van der Waals surface area contributed by atoms with Crippen molar-refractivity contribution < 1.29 is 28.6 Å². The van der Waals surface area contributed by atoms with Crippen LogP contribution in [0.2, 0.25) is 0 Å². The van der Waals surface area contributed by atoms with Crippen molar-refractivity contribution in [1.82, 2.24) is 49.8 Å². The smallest absolute Gasteiger partial charge is 0.407 e. The van der Waals surface area contributed by atoms with E-state index in [1.165, 1.54) is 7.11 Å². The summed E-state index contributed by atoms with van der Waals surface area (Å²) < 4.78 is 17.9. The maximum atomic E-state index is 14.4. The summed E-state index contributed by atoms with van der Waals surface area (Å²) >= 11 is 0. The molecule has 16 nitrogen and oxygen atoms in total. The Hall–Kier alpha value is -6.28. The van der Waals surface area contributed by atoms with E-state index in [-0.39, 0.29) is 54.2 Å². The molecule has 1 saturated carbocycles. The van der Waals surface area contributed by atoms with Gasteiger partial charge in [-0.2, -0.15) is 0 Å². The first-order valence-corrected chi connectivity index (χ1v) is 22.5.